The largest absolute Gasteiger partial charge is 0.461 e. The zero-order valence-electron chi connectivity index (χ0n) is 20.6. The first-order chi connectivity index (χ1) is 17.8. The van der Waals surface area contributed by atoms with Gasteiger partial charge in [0.05, 0.1) is 23.3 Å². The molecule has 0 N–H and O–H groups in total. The number of pyridine rings is 1. The Morgan fingerprint density at radius 1 is 1.05 bits per heavy atom. The molecule has 0 atom stereocenters. The maximum absolute atomic E-state index is 13.7. The Balaban J connectivity index is 2.23. The Hall–Kier alpha value is -4.78. The van der Waals surface area contributed by atoms with Crippen LogP contribution in [0.2, 0.25) is 0 Å². The van der Waals surface area contributed by atoms with Crippen LogP contribution < -0.4 is 4.90 Å². The number of rotatable bonds is 5. The Morgan fingerprint density at radius 3 is 2.30 bits per heavy atom. The number of carbonyl (C=O) groups is 2. The third kappa shape index (κ3) is 3.94. The SMILES string of the molecule is CCOC(=O)c1c(SC)c(/C(C#N)=C2\C(=O)c3ccccc3C2=C(C#N)C#N)c2cc(N(C)C)ccn12. The minimum absolute atomic E-state index is 0.0208. The van der Waals surface area contributed by atoms with Gasteiger partial charge in [-0.15, -0.1) is 11.8 Å². The Bertz CT molecular complexity index is 1660. The monoisotopic (exact) mass is 507 g/mol. The minimum atomic E-state index is -0.570. The van der Waals surface area contributed by atoms with Crippen LogP contribution in [-0.2, 0) is 4.74 Å². The number of thioether (sulfide) groups is 1. The van der Waals surface area contributed by atoms with Gasteiger partial charge in [-0.1, -0.05) is 24.3 Å². The summed E-state index contributed by atoms with van der Waals surface area (Å²) in [6, 6.07) is 16.2. The van der Waals surface area contributed by atoms with Crippen LogP contribution in [0.1, 0.15) is 38.9 Å². The number of esters is 1. The minimum Gasteiger partial charge on any atom is -0.461 e. The maximum Gasteiger partial charge on any atom is 0.356 e. The average molecular weight is 508 g/mol. The predicted octanol–water partition coefficient (Wildman–Crippen LogP) is 4.88. The fraction of sp³-hybridized carbons (Fsp3) is 0.179. The second-order valence-electron chi connectivity index (χ2n) is 8.22. The fourth-order valence-corrected chi connectivity index (χ4v) is 5.27. The summed E-state index contributed by atoms with van der Waals surface area (Å²) >= 11 is 1.25. The summed E-state index contributed by atoms with van der Waals surface area (Å²) in [5.74, 6) is -1.03. The van der Waals surface area contributed by atoms with Crippen molar-refractivity contribution < 1.29 is 14.3 Å². The van der Waals surface area contributed by atoms with Crippen molar-refractivity contribution >= 4 is 45.9 Å². The molecule has 1 aliphatic carbocycles. The molecule has 0 aliphatic heterocycles. The van der Waals surface area contributed by atoms with E-state index in [4.69, 9.17) is 4.74 Å². The van der Waals surface area contributed by atoms with Gasteiger partial charge >= 0.3 is 5.97 Å². The number of fused-ring (bicyclic) bond motifs is 2. The first-order valence-corrected chi connectivity index (χ1v) is 12.5. The summed E-state index contributed by atoms with van der Waals surface area (Å²) in [6.07, 6.45) is 3.49. The van der Waals surface area contributed by atoms with Crippen molar-refractivity contribution in [3.8, 4) is 18.2 Å². The topological polar surface area (TPSA) is 122 Å². The van der Waals surface area contributed by atoms with Crippen LogP contribution in [0.5, 0.6) is 0 Å². The molecule has 37 heavy (non-hydrogen) atoms. The van der Waals surface area contributed by atoms with E-state index >= 15 is 0 Å². The lowest BCUT2D eigenvalue weighted by molar-refractivity contribution is 0.0514. The molecule has 3 aromatic rings. The zero-order valence-corrected chi connectivity index (χ0v) is 21.4. The summed E-state index contributed by atoms with van der Waals surface area (Å²) in [4.78, 5) is 29.1. The van der Waals surface area contributed by atoms with Crippen molar-refractivity contribution in [3.05, 3.63) is 76.1 Å². The third-order valence-corrected chi connectivity index (χ3v) is 6.88. The number of allylic oxidation sites excluding steroid dienone is 4. The number of hydrogen-bond donors (Lipinski definition) is 0. The van der Waals surface area contributed by atoms with E-state index in [0.717, 1.165) is 5.69 Å². The van der Waals surface area contributed by atoms with E-state index in [1.165, 1.54) is 11.8 Å². The number of benzene rings is 1. The van der Waals surface area contributed by atoms with E-state index in [9.17, 15) is 25.4 Å². The molecule has 0 saturated heterocycles. The van der Waals surface area contributed by atoms with Gasteiger partial charge in [0.15, 0.2) is 5.78 Å². The van der Waals surface area contributed by atoms with Crippen molar-refractivity contribution in [2.75, 3.05) is 31.9 Å². The highest BCUT2D eigenvalue weighted by Gasteiger charge is 2.37. The molecule has 9 heteroatoms. The van der Waals surface area contributed by atoms with Crippen LogP contribution in [0.15, 0.2) is 58.6 Å². The van der Waals surface area contributed by atoms with Crippen LogP contribution in [0.3, 0.4) is 0 Å². The first kappa shape index (κ1) is 25.3. The second kappa shape index (κ2) is 10.1. The molecule has 0 fully saturated rings. The number of nitrogens with zero attached hydrogens (tertiary/aromatic N) is 5. The molecule has 0 spiro atoms. The number of aromatic nitrogens is 1. The fourth-order valence-electron chi connectivity index (χ4n) is 4.48. The molecule has 1 aliphatic rings. The molecule has 1 aromatic carbocycles. The molecule has 182 valence electrons. The number of anilines is 1. The zero-order chi connectivity index (χ0) is 26.9. The molecule has 2 aromatic heterocycles. The maximum atomic E-state index is 13.7. The second-order valence-corrected chi connectivity index (χ2v) is 9.04. The van der Waals surface area contributed by atoms with Gasteiger partial charge in [-0.2, -0.15) is 15.8 Å². The molecular weight excluding hydrogens is 486 g/mol. The van der Waals surface area contributed by atoms with Crippen LogP contribution in [0, 0.1) is 34.0 Å². The molecular formula is C28H21N5O3S. The van der Waals surface area contributed by atoms with E-state index in [1.807, 2.05) is 43.3 Å². The number of ether oxygens (including phenoxy) is 1. The molecule has 0 unspecified atom stereocenters. The van der Waals surface area contributed by atoms with Gasteiger partial charge in [-0.05, 0) is 30.9 Å². The molecule has 4 rings (SSSR count). The van der Waals surface area contributed by atoms with Crippen molar-refractivity contribution in [2.45, 2.75) is 11.8 Å². The lowest BCUT2D eigenvalue weighted by atomic mass is 9.92. The highest BCUT2D eigenvalue weighted by atomic mass is 32.2. The van der Waals surface area contributed by atoms with Gasteiger partial charge in [-0.25, -0.2) is 4.79 Å². The molecule has 0 saturated carbocycles. The number of nitriles is 3. The van der Waals surface area contributed by atoms with Crippen molar-refractivity contribution in [3.63, 3.8) is 0 Å². The molecule has 0 radical (unpaired) electrons. The summed E-state index contributed by atoms with van der Waals surface area (Å²) < 4.78 is 6.98. The number of hydrogen-bond acceptors (Lipinski definition) is 8. The summed E-state index contributed by atoms with van der Waals surface area (Å²) in [7, 11) is 3.73. The van der Waals surface area contributed by atoms with E-state index < -0.39 is 11.8 Å². The highest BCUT2D eigenvalue weighted by Crippen LogP contribution is 2.46. The predicted molar refractivity (Wildman–Crippen MR) is 141 cm³/mol. The van der Waals surface area contributed by atoms with Crippen LogP contribution in [0.4, 0.5) is 5.69 Å². The van der Waals surface area contributed by atoms with Gasteiger partial charge in [0, 0.05) is 47.6 Å². The molecule has 0 amide bonds. The summed E-state index contributed by atoms with van der Waals surface area (Å²) in [5, 5.41) is 29.9. The van der Waals surface area contributed by atoms with Crippen LogP contribution >= 0.6 is 11.8 Å². The lowest BCUT2D eigenvalue weighted by Gasteiger charge is -2.13. The lowest BCUT2D eigenvalue weighted by Crippen LogP contribution is -2.11. The van der Waals surface area contributed by atoms with Crippen LogP contribution in [-0.4, -0.2) is 43.1 Å². The molecule has 2 heterocycles. The third-order valence-electron chi connectivity index (χ3n) is 6.07. The van der Waals surface area contributed by atoms with Gasteiger partial charge < -0.3 is 14.0 Å². The Labute approximate surface area is 218 Å². The van der Waals surface area contributed by atoms with Gasteiger partial charge in [-0.3, -0.25) is 4.79 Å². The standard InChI is InChI=1S/C28H21N5O3S/c1-5-36-28(35)25-27(37-4)23(21-12-17(32(2)3)10-11-33(21)25)20(15-31)24-22(16(13-29)14-30)18-8-6-7-9-19(18)26(24)34/h6-12H,5H2,1-4H3/b24-20-. The summed E-state index contributed by atoms with van der Waals surface area (Å²) in [6.45, 7) is 1.86. The molecule has 8 nitrogen and oxygen atoms in total. The van der Waals surface area contributed by atoms with Crippen molar-refractivity contribution in [1.29, 1.82) is 15.8 Å². The normalized spacial score (nSPS) is 13.4. The number of carbonyl (C=O) groups excluding carboxylic acids is 2. The van der Waals surface area contributed by atoms with Gasteiger partial charge in [0.2, 0.25) is 0 Å². The van der Waals surface area contributed by atoms with E-state index in [2.05, 4.69) is 6.07 Å². The first-order valence-electron chi connectivity index (χ1n) is 11.2. The highest BCUT2D eigenvalue weighted by molar-refractivity contribution is 7.98. The summed E-state index contributed by atoms with van der Waals surface area (Å²) in [5.41, 5.74) is 2.44. The van der Waals surface area contributed by atoms with Gasteiger partial charge in [0.25, 0.3) is 0 Å². The smallest absolute Gasteiger partial charge is 0.356 e. The van der Waals surface area contributed by atoms with E-state index in [-0.39, 0.29) is 34.6 Å². The van der Waals surface area contributed by atoms with Crippen molar-refractivity contribution in [2.24, 2.45) is 0 Å². The Morgan fingerprint density at radius 2 is 1.73 bits per heavy atom. The molecule has 0 bridgehead atoms. The van der Waals surface area contributed by atoms with E-state index in [1.54, 1.807) is 48.0 Å². The average Bonchev–Trinajstić information content (AvgIpc) is 3.38. The number of ketones is 1. The number of Topliss-reactive ketones (excluding diaryl/α,β-unsaturated/α-hetero) is 1. The Kier molecular flexibility index (Phi) is 6.89. The van der Waals surface area contributed by atoms with Crippen molar-refractivity contribution in [1.82, 2.24) is 4.40 Å². The van der Waals surface area contributed by atoms with E-state index in [0.29, 0.717) is 27.1 Å². The quantitative estimate of drug-likeness (QED) is 0.207. The van der Waals surface area contributed by atoms with Gasteiger partial charge in [0.1, 0.15) is 29.5 Å². The van der Waals surface area contributed by atoms with Crippen LogP contribution in [0.25, 0.3) is 16.7 Å².